The molecule has 1 N–H and O–H groups in total. The summed E-state index contributed by atoms with van der Waals surface area (Å²) in [5, 5.41) is 11.8. The van der Waals surface area contributed by atoms with Crippen LogP contribution in [0.25, 0.3) is 0 Å². The molecule has 18 heavy (non-hydrogen) atoms. The van der Waals surface area contributed by atoms with Crippen molar-refractivity contribution in [3.63, 3.8) is 0 Å². The van der Waals surface area contributed by atoms with Crippen LogP contribution in [0.5, 0.6) is 0 Å². The van der Waals surface area contributed by atoms with Crippen molar-refractivity contribution in [3.05, 3.63) is 0 Å². The molecule has 0 radical (unpaired) electrons. The molecule has 1 atom stereocenters. The number of piperidine rings is 1. The first-order valence-electron chi connectivity index (χ1n) is 7.10. The van der Waals surface area contributed by atoms with E-state index in [4.69, 9.17) is 5.26 Å². The summed E-state index contributed by atoms with van der Waals surface area (Å²) in [6.45, 7) is 6.63. The molecule has 1 saturated heterocycles. The Morgan fingerprint density at radius 1 is 1.44 bits per heavy atom. The van der Waals surface area contributed by atoms with Gasteiger partial charge in [-0.3, -0.25) is 9.69 Å². The zero-order valence-electron chi connectivity index (χ0n) is 11.6. The topological polar surface area (TPSA) is 56.1 Å². The van der Waals surface area contributed by atoms with E-state index in [1.807, 2.05) is 6.92 Å². The van der Waals surface area contributed by atoms with E-state index in [0.717, 1.165) is 38.9 Å². The third kappa shape index (κ3) is 4.66. The molecule has 1 aliphatic heterocycles. The van der Waals surface area contributed by atoms with E-state index in [9.17, 15) is 4.79 Å². The molecule has 0 aromatic rings. The SMILES string of the molecule is CCCCCNC(=O)C(C)N1CCC(C#N)CC1. The fraction of sp³-hybridized carbons (Fsp3) is 0.857. The minimum Gasteiger partial charge on any atom is -0.355 e. The summed E-state index contributed by atoms with van der Waals surface area (Å²) < 4.78 is 0. The van der Waals surface area contributed by atoms with Crippen LogP contribution >= 0.6 is 0 Å². The maximum Gasteiger partial charge on any atom is 0.237 e. The first-order chi connectivity index (χ1) is 8.69. The van der Waals surface area contributed by atoms with Crippen molar-refractivity contribution in [2.24, 2.45) is 5.92 Å². The third-order valence-electron chi connectivity index (χ3n) is 3.72. The molecular weight excluding hydrogens is 226 g/mol. The Bertz CT molecular complexity index is 290. The van der Waals surface area contributed by atoms with Gasteiger partial charge in [-0.15, -0.1) is 0 Å². The van der Waals surface area contributed by atoms with Crippen LogP contribution in [-0.4, -0.2) is 36.5 Å². The zero-order chi connectivity index (χ0) is 13.4. The van der Waals surface area contributed by atoms with Crippen molar-refractivity contribution in [3.8, 4) is 6.07 Å². The zero-order valence-corrected chi connectivity index (χ0v) is 11.6. The smallest absolute Gasteiger partial charge is 0.237 e. The van der Waals surface area contributed by atoms with E-state index in [0.29, 0.717) is 0 Å². The van der Waals surface area contributed by atoms with E-state index in [-0.39, 0.29) is 17.9 Å². The lowest BCUT2D eigenvalue weighted by Gasteiger charge is -2.33. The Hall–Kier alpha value is -1.08. The van der Waals surface area contributed by atoms with Gasteiger partial charge < -0.3 is 5.32 Å². The summed E-state index contributed by atoms with van der Waals surface area (Å²) in [5.41, 5.74) is 0. The van der Waals surface area contributed by atoms with Crippen LogP contribution in [0.15, 0.2) is 0 Å². The Morgan fingerprint density at radius 3 is 2.67 bits per heavy atom. The molecular formula is C14H25N3O. The number of unbranched alkanes of at least 4 members (excludes halogenated alkanes) is 2. The maximum atomic E-state index is 11.9. The number of nitrogens with zero attached hydrogens (tertiary/aromatic N) is 2. The monoisotopic (exact) mass is 251 g/mol. The van der Waals surface area contributed by atoms with Gasteiger partial charge in [0.1, 0.15) is 0 Å². The lowest BCUT2D eigenvalue weighted by atomic mass is 9.97. The van der Waals surface area contributed by atoms with Crippen LogP contribution in [0.1, 0.15) is 46.0 Å². The fourth-order valence-electron chi connectivity index (χ4n) is 2.32. The molecule has 0 aliphatic carbocycles. The number of likely N-dealkylation sites (tertiary alicyclic amines) is 1. The highest BCUT2D eigenvalue weighted by Gasteiger charge is 2.26. The standard InChI is InChI=1S/C14H25N3O/c1-3-4-5-8-16-14(18)12(2)17-9-6-13(11-15)7-10-17/h12-13H,3-10H2,1-2H3,(H,16,18). The van der Waals surface area contributed by atoms with Crippen LogP contribution in [0.2, 0.25) is 0 Å². The van der Waals surface area contributed by atoms with Crippen molar-refractivity contribution in [1.29, 1.82) is 5.26 Å². The molecule has 0 aromatic carbocycles. The second-order valence-corrected chi connectivity index (χ2v) is 5.11. The Labute approximate surface area is 110 Å². The third-order valence-corrected chi connectivity index (χ3v) is 3.72. The summed E-state index contributed by atoms with van der Waals surface area (Å²) >= 11 is 0. The van der Waals surface area contributed by atoms with Crippen LogP contribution in [0, 0.1) is 17.2 Å². The molecule has 1 aliphatic rings. The number of hydrogen-bond donors (Lipinski definition) is 1. The van der Waals surface area contributed by atoms with Crippen LogP contribution in [-0.2, 0) is 4.79 Å². The van der Waals surface area contributed by atoms with Crippen LogP contribution in [0.3, 0.4) is 0 Å². The van der Waals surface area contributed by atoms with Gasteiger partial charge in [0.05, 0.1) is 12.1 Å². The number of nitrogens with one attached hydrogen (secondary N) is 1. The van der Waals surface area contributed by atoms with Crippen molar-refractivity contribution in [1.82, 2.24) is 10.2 Å². The second-order valence-electron chi connectivity index (χ2n) is 5.11. The van der Waals surface area contributed by atoms with E-state index in [2.05, 4.69) is 23.2 Å². The van der Waals surface area contributed by atoms with Gasteiger partial charge in [0.2, 0.25) is 5.91 Å². The largest absolute Gasteiger partial charge is 0.355 e. The molecule has 0 saturated carbocycles. The number of carbonyl (C=O) groups is 1. The molecule has 4 heteroatoms. The summed E-state index contributed by atoms with van der Waals surface area (Å²) in [5.74, 6) is 0.308. The number of hydrogen-bond acceptors (Lipinski definition) is 3. The van der Waals surface area contributed by atoms with Gasteiger partial charge in [-0.25, -0.2) is 0 Å². The maximum absolute atomic E-state index is 11.9. The number of rotatable bonds is 6. The van der Waals surface area contributed by atoms with E-state index in [1.165, 1.54) is 12.8 Å². The second kappa shape index (κ2) is 8.10. The Morgan fingerprint density at radius 2 is 2.11 bits per heavy atom. The van der Waals surface area contributed by atoms with Crippen molar-refractivity contribution < 1.29 is 4.79 Å². The van der Waals surface area contributed by atoms with Crippen LogP contribution < -0.4 is 5.32 Å². The highest BCUT2D eigenvalue weighted by Crippen LogP contribution is 2.17. The molecule has 102 valence electrons. The number of amides is 1. The highest BCUT2D eigenvalue weighted by molar-refractivity contribution is 5.81. The lowest BCUT2D eigenvalue weighted by molar-refractivity contribution is -0.126. The molecule has 0 spiro atoms. The summed E-state index contributed by atoms with van der Waals surface area (Å²) in [6.07, 6.45) is 5.19. The predicted molar refractivity (Wildman–Crippen MR) is 71.9 cm³/mol. The first kappa shape index (κ1) is 15.0. The van der Waals surface area contributed by atoms with Crippen molar-refractivity contribution >= 4 is 5.91 Å². The van der Waals surface area contributed by atoms with Gasteiger partial charge in [0.15, 0.2) is 0 Å². The molecule has 0 aromatic heterocycles. The first-order valence-corrected chi connectivity index (χ1v) is 7.10. The van der Waals surface area contributed by atoms with Gasteiger partial charge >= 0.3 is 0 Å². The van der Waals surface area contributed by atoms with E-state index in [1.54, 1.807) is 0 Å². The van der Waals surface area contributed by atoms with Crippen molar-refractivity contribution in [2.75, 3.05) is 19.6 Å². The Balaban J connectivity index is 2.25. The minimum absolute atomic E-state index is 0.0636. The Kier molecular flexibility index (Phi) is 6.74. The molecule has 1 unspecified atom stereocenters. The minimum atomic E-state index is -0.0636. The average molecular weight is 251 g/mol. The molecule has 0 bridgehead atoms. The van der Waals surface area contributed by atoms with E-state index < -0.39 is 0 Å². The normalized spacial score (nSPS) is 19.2. The fourth-order valence-corrected chi connectivity index (χ4v) is 2.32. The molecule has 1 rings (SSSR count). The quantitative estimate of drug-likeness (QED) is 0.734. The lowest BCUT2D eigenvalue weighted by Crippen LogP contribution is -2.48. The summed E-state index contributed by atoms with van der Waals surface area (Å²) in [6, 6.07) is 2.25. The molecule has 4 nitrogen and oxygen atoms in total. The van der Waals surface area contributed by atoms with Gasteiger partial charge in [0, 0.05) is 25.6 Å². The van der Waals surface area contributed by atoms with Gasteiger partial charge in [-0.05, 0) is 26.2 Å². The number of nitriles is 1. The summed E-state index contributed by atoms with van der Waals surface area (Å²) in [4.78, 5) is 14.1. The highest BCUT2D eigenvalue weighted by atomic mass is 16.2. The average Bonchev–Trinajstić information content (AvgIpc) is 2.42. The van der Waals surface area contributed by atoms with Gasteiger partial charge in [0.25, 0.3) is 0 Å². The van der Waals surface area contributed by atoms with E-state index >= 15 is 0 Å². The molecule has 1 amide bonds. The molecule has 1 heterocycles. The summed E-state index contributed by atoms with van der Waals surface area (Å²) in [7, 11) is 0. The molecule has 1 fully saturated rings. The van der Waals surface area contributed by atoms with Gasteiger partial charge in [-0.2, -0.15) is 5.26 Å². The predicted octanol–water partition coefficient (Wildman–Crippen LogP) is 1.92. The number of carbonyl (C=O) groups excluding carboxylic acids is 1. The van der Waals surface area contributed by atoms with Gasteiger partial charge in [-0.1, -0.05) is 19.8 Å². The van der Waals surface area contributed by atoms with Crippen LogP contribution in [0.4, 0.5) is 0 Å². The van der Waals surface area contributed by atoms with Crippen molar-refractivity contribution in [2.45, 2.75) is 52.0 Å².